The van der Waals surface area contributed by atoms with Crippen LogP contribution in [0.3, 0.4) is 0 Å². The third kappa shape index (κ3) is 3.04. The summed E-state index contributed by atoms with van der Waals surface area (Å²) in [6, 6.07) is 5.47. The summed E-state index contributed by atoms with van der Waals surface area (Å²) in [5, 5.41) is 11.2. The molecule has 1 unspecified atom stereocenters. The second-order valence-corrected chi connectivity index (χ2v) is 5.59. The number of aliphatic hydroxyl groups is 1. The lowest BCUT2D eigenvalue weighted by Crippen LogP contribution is -2.42. The Labute approximate surface area is 119 Å². The van der Waals surface area contributed by atoms with Gasteiger partial charge in [0.2, 0.25) is 0 Å². The number of aliphatic hydroxyl groups excluding tert-OH is 1. The maximum absolute atomic E-state index is 10.5. The largest absolute Gasteiger partial charge is 0.496 e. The molecule has 1 aliphatic carbocycles. The average Bonchev–Trinajstić information content (AvgIpc) is 2.89. The Morgan fingerprint density at radius 2 is 2.00 bits per heavy atom. The summed E-state index contributed by atoms with van der Waals surface area (Å²) < 4.78 is 10.9. The number of rotatable bonds is 5. The highest BCUT2D eigenvalue weighted by Crippen LogP contribution is 2.37. The van der Waals surface area contributed by atoms with E-state index < -0.39 is 11.7 Å². The van der Waals surface area contributed by atoms with Crippen molar-refractivity contribution in [2.75, 3.05) is 14.2 Å². The first-order valence-corrected chi connectivity index (χ1v) is 7.05. The smallest absolute Gasteiger partial charge is 0.122 e. The first-order valence-electron chi connectivity index (χ1n) is 6.67. The Morgan fingerprint density at radius 3 is 2.58 bits per heavy atom. The quantitative estimate of drug-likeness (QED) is 0.902. The molecule has 2 rings (SSSR count). The number of halogens is 1. The van der Waals surface area contributed by atoms with Crippen LogP contribution in [0.25, 0.3) is 0 Å². The molecule has 1 fully saturated rings. The molecule has 4 heteroatoms. The van der Waals surface area contributed by atoms with E-state index in [2.05, 4.69) is 0 Å². The molecule has 3 nitrogen and oxygen atoms in total. The van der Waals surface area contributed by atoms with Gasteiger partial charge < -0.3 is 14.6 Å². The lowest BCUT2D eigenvalue weighted by atomic mass is 9.89. The van der Waals surface area contributed by atoms with Crippen molar-refractivity contribution in [1.29, 1.82) is 0 Å². The van der Waals surface area contributed by atoms with Gasteiger partial charge in [-0.3, -0.25) is 0 Å². The van der Waals surface area contributed by atoms with E-state index in [4.69, 9.17) is 21.1 Å². The maximum Gasteiger partial charge on any atom is 0.122 e. The predicted molar refractivity (Wildman–Crippen MR) is 75.9 cm³/mol. The summed E-state index contributed by atoms with van der Waals surface area (Å²) in [5.41, 5.74) is 0.513. The Balaban J connectivity index is 2.18. The van der Waals surface area contributed by atoms with Crippen molar-refractivity contribution in [2.24, 2.45) is 0 Å². The van der Waals surface area contributed by atoms with E-state index in [1.54, 1.807) is 20.3 Å². The lowest BCUT2D eigenvalue weighted by molar-refractivity contribution is -0.0972. The van der Waals surface area contributed by atoms with Crippen molar-refractivity contribution in [3.63, 3.8) is 0 Å². The van der Waals surface area contributed by atoms with Gasteiger partial charge in [-0.2, -0.15) is 0 Å². The SMILES string of the molecule is COc1ccc(Cl)cc1CC(O)C1(OC)CCCC1. The normalized spacial score (nSPS) is 19.4. The lowest BCUT2D eigenvalue weighted by Gasteiger charge is -2.33. The number of methoxy groups -OCH3 is 2. The van der Waals surface area contributed by atoms with Crippen LogP contribution in [-0.2, 0) is 11.2 Å². The monoisotopic (exact) mass is 284 g/mol. The van der Waals surface area contributed by atoms with Crippen LogP contribution in [0.1, 0.15) is 31.2 Å². The summed E-state index contributed by atoms with van der Waals surface area (Å²) in [7, 11) is 3.31. The zero-order valence-corrected chi connectivity index (χ0v) is 12.2. The van der Waals surface area contributed by atoms with Crippen LogP contribution in [0.4, 0.5) is 0 Å². The van der Waals surface area contributed by atoms with E-state index in [0.29, 0.717) is 11.4 Å². The molecule has 0 radical (unpaired) electrons. The third-order valence-corrected chi connectivity index (χ3v) is 4.35. The van der Waals surface area contributed by atoms with Gasteiger partial charge in [0.15, 0.2) is 0 Å². The molecule has 0 heterocycles. The van der Waals surface area contributed by atoms with Gasteiger partial charge in [-0.15, -0.1) is 0 Å². The van der Waals surface area contributed by atoms with Gasteiger partial charge >= 0.3 is 0 Å². The van der Waals surface area contributed by atoms with Crippen LogP contribution in [0, 0.1) is 0 Å². The Morgan fingerprint density at radius 1 is 1.32 bits per heavy atom. The topological polar surface area (TPSA) is 38.7 Å². The number of ether oxygens (including phenoxy) is 2. The highest BCUT2D eigenvalue weighted by molar-refractivity contribution is 6.30. The molecule has 0 aromatic heterocycles. The van der Waals surface area contributed by atoms with Crippen molar-refractivity contribution < 1.29 is 14.6 Å². The van der Waals surface area contributed by atoms with Crippen LogP contribution in [0.2, 0.25) is 5.02 Å². The summed E-state index contributed by atoms with van der Waals surface area (Å²) >= 11 is 6.02. The van der Waals surface area contributed by atoms with Gasteiger partial charge in [0.05, 0.1) is 18.8 Å². The Bertz CT molecular complexity index is 427. The minimum Gasteiger partial charge on any atom is -0.496 e. The van der Waals surface area contributed by atoms with Crippen LogP contribution in [0.15, 0.2) is 18.2 Å². The van der Waals surface area contributed by atoms with Crippen molar-refractivity contribution >= 4 is 11.6 Å². The van der Waals surface area contributed by atoms with E-state index >= 15 is 0 Å². The van der Waals surface area contributed by atoms with E-state index in [1.807, 2.05) is 12.1 Å². The standard InChI is InChI=1S/C15H21ClO3/c1-18-13-6-5-12(16)9-11(13)10-14(17)15(19-2)7-3-4-8-15/h5-6,9,14,17H,3-4,7-8,10H2,1-2H3. The van der Waals surface area contributed by atoms with Crippen LogP contribution < -0.4 is 4.74 Å². The average molecular weight is 285 g/mol. The molecule has 1 saturated carbocycles. The maximum atomic E-state index is 10.5. The molecule has 0 amide bonds. The third-order valence-electron chi connectivity index (χ3n) is 4.12. The highest BCUT2D eigenvalue weighted by Gasteiger charge is 2.40. The number of benzene rings is 1. The fourth-order valence-electron chi connectivity index (χ4n) is 2.95. The summed E-state index contributed by atoms with van der Waals surface area (Å²) in [6.45, 7) is 0. The second kappa shape index (κ2) is 6.12. The molecule has 1 atom stereocenters. The van der Waals surface area contributed by atoms with E-state index in [1.165, 1.54) is 0 Å². The Hall–Kier alpha value is -0.770. The first kappa shape index (κ1) is 14.6. The van der Waals surface area contributed by atoms with Crippen LogP contribution in [0.5, 0.6) is 5.75 Å². The van der Waals surface area contributed by atoms with Gasteiger partial charge in [0.1, 0.15) is 5.75 Å². The summed E-state index contributed by atoms with van der Waals surface area (Å²) in [6.07, 6.45) is 4.00. The minimum absolute atomic E-state index is 0.409. The predicted octanol–water partition coefficient (Wildman–Crippen LogP) is 3.21. The number of hydrogen-bond acceptors (Lipinski definition) is 3. The van der Waals surface area contributed by atoms with Crippen LogP contribution >= 0.6 is 11.6 Å². The molecule has 1 N–H and O–H groups in total. The molecule has 1 aliphatic rings. The van der Waals surface area contributed by atoms with Gasteiger partial charge in [-0.25, -0.2) is 0 Å². The molecular formula is C15H21ClO3. The molecular weight excluding hydrogens is 264 g/mol. The molecule has 19 heavy (non-hydrogen) atoms. The van der Waals surface area contributed by atoms with Gasteiger partial charge in [0.25, 0.3) is 0 Å². The van der Waals surface area contributed by atoms with Crippen molar-refractivity contribution in [2.45, 2.75) is 43.8 Å². The summed E-state index contributed by atoms with van der Waals surface area (Å²) in [4.78, 5) is 0. The first-order chi connectivity index (χ1) is 9.11. The zero-order chi connectivity index (χ0) is 13.9. The zero-order valence-electron chi connectivity index (χ0n) is 11.5. The fraction of sp³-hybridized carbons (Fsp3) is 0.600. The highest BCUT2D eigenvalue weighted by atomic mass is 35.5. The van der Waals surface area contributed by atoms with Gasteiger partial charge in [0, 0.05) is 18.6 Å². The van der Waals surface area contributed by atoms with E-state index in [-0.39, 0.29) is 0 Å². The van der Waals surface area contributed by atoms with Crippen LogP contribution in [-0.4, -0.2) is 31.0 Å². The van der Waals surface area contributed by atoms with Crippen molar-refractivity contribution in [1.82, 2.24) is 0 Å². The minimum atomic E-state index is -0.535. The van der Waals surface area contributed by atoms with E-state index in [0.717, 1.165) is 37.0 Å². The molecule has 1 aromatic rings. The van der Waals surface area contributed by atoms with Crippen molar-refractivity contribution in [3.8, 4) is 5.75 Å². The molecule has 0 saturated heterocycles. The Kier molecular flexibility index (Phi) is 4.71. The molecule has 0 aliphatic heterocycles. The summed E-state index contributed by atoms with van der Waals surface area (Å²) in [5.74, 6) is 0.757. The van der Waals surface area contributed by atoms with Crippen molar-refractivity contribution in [3.05, 3.63) is 28.8 Å². The number of hydrogen-bond donors (Lipinski definition) is 1. The second-order valence-electron chi connectivity index (χ2n) is 5.15. The van der Waals surface area contributed by atoms with Gasteiger partial charge in [-0.05, 0) is 36.6 Å². The molecule has 0 bridgehead atoms. The molecule has 0 spiro atoms. The fourth-order valence-corrected chi connectivity index (χ4v) is 3.14. The van der Waals surface area contributed by atoms with E-state index in [9.17, 15) is 5.11 Å². The molecule has 106 valence electrons. The van der Waals surface area contributed by atoms with Gasteiger partial charge in [-0.1, -0.05) is 24.4 Å². The molecule has 1 aromatic carbocycles.